The van der Waals surface area contributed by atoms with Crippen LogP contribution in [-0.2, 0) is 28.1 Å². The van der Waals surface area contributed by atoms with Gasteiger partial charge >= 0.3 is 21.1 Å². The van der Waals surface area contributed by atoms with E-state index in [0.29, 0.717) is 11.8 Å². The predicted molar refractivity (Wildman–Crippen MR) is 154 cm³/mol. The molecule has 2 heterocycles. The monoisotopic (exact) mass is 704 g/mol. The van der Waals surface area contributed by atoms with E-state index >= 15 is 0 Å². The van der Waals surface area contributed by atoms with Crippen LogP contribution in [0, 0.1) is 26.0 Å². The fourth-order valence-electron chi connectivity index (χ4n) is 4.69. The number of anilines is 3. The topological polar surface area (TPSA) is 48.1 Å². The molecular formula is C33H27N5OPt. The second-order valence-corrected chi connectivity index (χ2v) is 9.35. The third-order valence-electron chi connectivity index (χ3n) is 6.56. The van der Waals surface area contributed by atoms with E-state index in [0.717, 1.165) is 34.0 Å². The molecule has 0 bridgehead atoms. The van der Waals surface area contributed by atoms with Gasteiger partial charge in [0.2, 0.25) is 0 Å². The third-order valence-corrected chi connectivity index (χ3v) is 6.56. The van der Waals surface area contributed by atoms with E-state index in [-0.39, 0.29) is 21.1 Å². The Labute approximate surface area is 248 Å². The van der Waals surface area contributed by atoms with E-state index in [1.165, 1.54) is 11.1 Å². The summed E-state index contributed by atoms with van der Waals surface area (Å²) in [6, 6.07) is 36.0. The molecule has 4 aromatic carbocycles. The Hall–Kier alpha value is -4.41. The van der Waals surface area contributed by atoms with Crippen molar-refractivity contribution >= 4 is 17.1 Å². The van der Waals surface area contributed by atoms with E-state index in [1.54, 1.807) is 6.20 Å². The maximum atomic E-state index is 6.02. The predicted octanol–water partition coefficient (Wildman–Crippen LogP) is 7.75. The Bertz CT molecular complexity index is 1720. The van der Waals surface area contributed by atoms with Crippen LogP contribution in [-0.4, -0.2) is 19.1 Å². The molecule has 0 radical (unpaired) electrons. The molecule has 0 N–H and O–H groups in total. The van der Waals surface area contributed by atoms with Gasteiger partial charge in [-0.2, -0.15) is 6.07 Å². The molecule has 40 heavy (non-hydrogen) atoms. The van der Waals surface area contributed by atoms with Crippen molar-refractivity contribution in [1.29, 1.82) is 0 Å². The van der Waals surface area contributed by atoms with Crippen LogP contribution in [0.1, 0.15) is 11.1 Å². The van der Waals surface area contributed by atoms with Crippen molar-refractivity contribution in [3.63, 3.8) is 0 Å². The molecule has 0 saturated carbocycles. The van der Waals surface area contributed by atoms with Crippen molar-refractivity contribution in [1.82, 2.24) is 19.1 Å². The number of hydrogen-bond donors (Lipinski definition) is 0. The quantitative estimate of drug-likeness (QED) is 0.160. The first-order chi connectivity index (χ1) is 19.1. The van der Waals surface area contributed by atoms with E-state index in [4.69, 9.17) is 9.72 Å². The van der Waals surface area contributed by atoms with Crippen LogP contribution in [0.3, 0.4) is 0 Å². The molecule has 0 unspecified atom stereocenters. The molecule has 0 spiro atoms. The molecule has 0 fully saturated rings. The van der Waals surface area contributed by atoms with Gasteiger partial charge in [-0.15, -0.1) is 48.0 Å². The normalized spacial score (nSPS) is 10.7. The summed E-state index contributed by atoms with van der Waals surface area (Å²) in [4.78, 5) is 11.1. The Morgan fingerprint density at radius 2 is 1.48 bits per heavy atom. The molecule has 2 aromatic heterocycles. The molecular weight excluding hydrogens is 677 g/mol. The number of rotatable bonds is 7. The van der Waals surface area contributed by atoms with Crippen molar-refractivity contribution in [2.75, 3.05) is 4.90 Å². The second kappa shape index (κ2) is 11.8. The second-order valence-electron chi connectivity index (χ2n) is 9.35. The minimum absolute atomic E-state index is 0. The van der Waals surface area contributed by atoms with Gasteiger partial charge < -0.3 is 18.8 Å². The van der Waals surface area contributed by atoms with Gasteiger partial charge in [-0.1, -0.05) is 42.1 Å². The fourth-order valence-corrected chi connectivity index (χ4v) is 4.69. The van der Waals surface area contributed by atoms with Crippen molar-refractivity contribution in [3.8, 4) is 28.7 Å². The first-order valence-corrected chi connectivity index (χ1v) is 12.7. The van der Waals surface area contributed by atoms with E-state index in [1.807, 2.05) is 78.7 Å². The van der Waals surface area contributed by atoms with Crippen LogP contribution in [0.5, 0.6) is 11.8 Å². The summed E-state index contributed by atoms with van der Waals surface area (Å²) in [5, 5.41) is 0. The van der Waals surface area contributed by atoms with Gasteiger partial charge in [-0.3, -0.25) is 4.98 Å². The van der Waals surface area contributed by atoms with Gasteiger partial charge in [0.05, 0.1) is 12.0 Å². The zero-order valence-electron chi connectivity index (χ0n) is 22.4. The number of aromatic nitrogens is 4. The molecule has 6 nitrogen and oxygen atoms in total. The van der Waals surface area contributed by atoms with Gasteiger partial charge in [0.15, 0.2) is 0 Å². The van der Waals surface area contributed by atoms with Gasteiger partial charge in [-0.05, 0) is 49.0 Å². The summed E-state index contributed by atoms with van der Waals surface area (Å²) in [6.07, 6.45) is 7.48. The number of benzene rings is 4. The molecule has 200 valence electrons. The van der Waals surface area contributed by atoms with Gasteiger partial charge in [-0.25, -0.2) is 4.98 Å². The molecule has 6 rings (SSSR count). The number of para-hydroxylation sites is 2. The smallest absolute Gasteiger partial charge is 0.453 e. The van der Waals surface area contributed by atoms with Crippen LogP contribution in [0.4, 0.5) is 17.1 Å². The summed E-state index contributed by atoms with van der Waals surface area (Å²) >= 11 is 0. The molecule has 0 atom stereocenters. The minimum Gasteiger partial charge on any atom is -0.453 e. The van der Waals surface area contributed by atoms with Crippen LogP contribution in [0.25, 0.3) is 16.9 Å². The number of ether oxygens (including phenoxy) is 1. The van der Waals surface area contributed by atoms with Crippen molar-refractivity contribution in [3.05, 3.63) is 133 Å². The van der Waals surface area contributed by atoms with Gasteiger partial charge in [0.25, 0.3) is 6.01 Å². The fraction of sp³-hybridized carbons (Fsp3) is 0.0909. The maximum Gasteiger partial charge on any atom is 2.00 e. The zero-order valence-corrected chi connectivity index (χ0v) is 24.6. The standard InChI is InChI=1S/C33H27N5O.Pt/c1-24-10-7-11-25(2)32(24)37-22-31(35-23-37)26-12-8-15-28(20-26)38(27-13-5-4-6-14-27)29-16-9-17-30(21-29)39-33-34-18-19-36(33)3;/h4-19,22-23H,1-3H3;/q-2;+2. The Morgan fingerprint density at radius 1 is 0.775 bits per heavy atom. The Morgan fingerprint density at radius 3 is 2.20 bits per heavy atom. The Balaban J connectivity index is 0.00000323. The van der Waals surface area contributed by atoms with Crippen molar-refractivity contribution in [2.45, 2.75) is 13.8 Å². The molecule has 0 amide bonds. The number of aryl methyl sites for hydroxylation is 3. The van der Waals surface area contributed by atoms with Crippen LogP contribution in [0.15, 0.2) is 110 Å². The summed E-state index contributed by atoms with van der Waals surface area (Å²) in [5.74, 6) is 0.575. The minimum atomic E-state index is 0. The molecule has 0 saturated heterocycles. The summed E-state index contributed by atoms with van der Waals surface area (Å²) < 4.78 is 9.92. The van der Waals surface area contributed by atoms with E-state index < -0.39 is 0 Å². The van der Waals surface area contributed by atoms with Crippen LogP contribution >= 0.6 is 0 Å². The van der Waals surface area contributed by atoms with Crippen LogP contribution in [0.2, 0.25) is 0 Å². The van der Waals surface area contributed by atoms with Gasteiger partial charge in [0, 0.05) is 36.6 Å². The molecule has 0 aliphatic heterocycles. The number of imidazole rings is 2. The van der Waals surface area contributed by atoms with Gasteiger partial charge in [0.1, 0.15) is 0 Å². The third kappa shape index (κ3) is 5.49. The van der Waals surface area contributed by atoms with Crippen molar-refractivity contribution in [2.24, 2.45) is 7.05 Å². The summed E-state index contributed by atoms with van der Waals surface area (Å²) in [5.41, 5.74) is 7.98. The summed E-state index contributed by atoms with van der Waals surface area (Å²) in [7, 11) is 1.89. The van der Waals surface area contributed by atoms with E-state index in [9.17, 15) is 0 Å². The number of nitrogens with zero attached hydrogens (tertiary/aromatic N) is 5. The Kier molecular flexibility index (Phi) is 7.99. The average Bonchev–Trinajstić information content (AvgIpc) is 3.59. The zero-order chi connectivity index (χ0) is 26.8. The molecule has 6 aromatic rings. The van der Waals surface area contributed by atoms with E-state index in [2.05, 4.69) is 77.0 Å². The van der Waals surface area contributed by atoms with Crippen LogP contribution < -0.4 is 9.64 Å². The largest absolute Gasteiger partial charge is 2.00 e. The summed E-state index contributed by atoms with van der Waals surface area (Å²) in [6.45, 7) is 4.24. The molecule has 0 aliphatic carbocycles. The number of hydrogen-bond acceptors (Lipinski definition) is 4. The molecule has 7 heteroatoms. The average molecular weight is 705 g/mol. The maximum absolute atomic E-state index is 6.02. The SMILES string of the molecule is Cc1cccc(C)c1-n1cnc(-c2[c-]c(N(c3[c-]c(Oc4nccn4C)ccc3)c3ccccc3)ccc2)c1.[Pt+2]. The first kappa shape index (κ1) is 27.2. The molecule has 0 aliphatic rings. The first-order valence-electron chi connectivity index (χ1n) is 12.7. The van der Waals surface area contributed by atoms with Crippen molar-refractivity contribution < 1.29 is 25.8 Å².